The van der Waals surface area contributed by atoms with Crippen molar-refractivity contribution in [3.63, 3.8) is 0 Å². The van der Waals surface area contributed by atoms with Gasteiger partial charge in [0, 0.05) is 25.7 Å². The quantitative estimate of drug-likeness (QED) is 0.449. The minimum absolute atomic E-state index is 0. The SMILES string of the molecule is CCOCc1ccc(CNC(=NC)NC(C)(C)C)cc1.I. The summed E-state index contributed by atoms with van der Waals surface area (Å²) in [7, 11) is 1.78. The molecule has 0 fully saturated rings. The Kier molecular flexibility index (Phi) is 9.61. The first-order valence-corrected chi connectivity index (χ1v) is 7.09. The molecule has 1 rings (SSSR count). The van der Waals surface area contributed by atoms with E-state index in [-0.39, 0.29) is 29.5 Å². The van der Waals surface area contributed by atoms with Gasteiger partial charge in [-0.3, -0.25) is 4.99 Å². The Morgan fingerprint density at radius 3 is 2.19 bits per heavy atom. The van der Waals surface area contributed by atoms with Crippen molar-refractivity contribution in [3.8, 4) is 0 Å². The van der Waals surface area contributed by atoms with Crippen molar-refractivity contribution in [2.45, 2.75) is 46.4 Å². The van der Waals surface area contributed by atoms with Crippen LogP contribution in [0.3, 0.4) is 0 Å². The van der Waals surface area contributed by atoms with Crippen molar-refractivity contribution < 1.29 is 4.74 Å². The summed E-state index contributed by atoms with van der Waals surface area (Å²) in [6, 6.07) is 8.44. The van der Waals surface area contributed by atoms with Gasteiger partial charge in [-0.15, -0.1) is 24.0 Å². The Morgan fingerprint density at radius 1 is 1.14 bits per heavy atom. The largest absolute Gasteiger partial charge is 0.377 e. The van der Waals surface area contributed by atoms with E-state index in [1.165, 1.54) is 11.1 Å². The van der Waals surface area contributed by atoms with Gasteiger partial charge in [0.2, 0.25) is 0 Å². The third-order valence-corrected chi connectivity index (χ3v) is 2.67. The van der Waals surface area contributed by atoms with Crippen molar-refractivity contribution in [3.05, 3.63) is 35.4 Å². The van der Waals surface area contributed by atoms with Crippen LogP contribution in [0.1, 0.15) is 38.8 Å². The van der Waals surface area contributed by atoms with Crippen LogP contribution in [0.15, 0.2) is 29.3 Å². The number of benzene rings is 1. The summed E-state index contributed by atoms with van der Waals surface area (Å²) in [6.45, 7) is 10.5. The Balaban J connectivity index is 0.00000400. The third kappa shape index (κ3) is 8.93. The van der Waals surface area contributed by atoms with E-state index < -0.39 is 0 Å². The Bertz CT molecular complexity index is 424. The zero-order valence-corrected chi connectivity index (χ0v) is 16.0. The van der Waals surface area contributed by atoms with Crippen LogP contribution < -0.4 is 10.6 Å². The fourth-order valence-corrected chi connectivity index (χ4v) is 1.69. The van der Waals surface area contributed by atoms with Gasteiger partial charge >= 0.3 is 0 Å². The highest BCUT2D eigenvalue weighted by atomic mass is 127. The molecule has 4 nitrogen and oxygen atoms in total. The topological polar surface area (TPSA) is 45.6 Å². The van der Waals surface area contributed by atoms with Gasteiger partial charge in [-0.1, -0.05) is 24.3 Å². The highest BCUT2D eigenvalue weighted by Crippen LogP contribution is 2.06. The molecule has 5 heteroatoms. The Morgan fingerprint density at radius 2 is 1.71 bits per heavy atom. The van der Waals surface area contributed by atoms with Crippen molar-refractivity contribution in [2.24, 2.45) is 4.99 Å². The van der Waals surface area contributed by atoms with E-state index in [4.69, 9.17) is 4.74 Å². The van der Waals surface area contributed by atoms with Gasteiger partial charge in [0.1, 0.15) is 0 Å². The lowest BCUT2D eigenvalue weighted by Gasteiger charge is -2.23. The highest BCUT2D eigenvalue weighted by molar-refractivity contribution is 14.0. The van der Waals surface area contributed by atoms with Gasteiger partial charge in [-0.05, 0) is 38.8 Å². The van der Waals surface area contributed by atoms with E-state index in [0.717, 1.165) is 19.1 Å². The zero-order valence-electron chi connectivity index (χ0n) is 13.7. The predicted octanol–water partition coefficient (Wildman–Crippen LogP) is 3.30. The molecule has 2 N–H and O–H groups in total. The number of halogens is 1. The van der Waals surface area contributed by atoms with Crippen molar-refractivity contribution in [2.75, 3.05) is 13.7 Å². The number of nitrogens with one attached hydrogen (secondary N) is 2. The molecule has 0 atom stereocenters. The summed E-state index contributed by atoms with van der Waals surface area (Å²) in [6.07, 6.45) is 0. The maximum absolute atomic E-state index is 5.39. The van der Waals surface area contributed by atoms with Gasteiger partial charge in [0.05, 0.1) is 6.61 Å². The van der Waals surface area contributed by atoms with Gasteiger partial charge in [0.15, 0.2) is 5.96 Å². The van der Waals surface area contributed by atoms with E-state index in [1.807, 2.05) is 6.92 Å². The molecular formula is C16H28IN3O. The summed E-state index contributed by atoms with van der Waals surface area (Å²) in [5, 5.41) is 6.65. The average molecular weight is 405 g/mol. The summed E-state index contributed by atoms with van der Waals surface area (Å²) in [5.74, 6) is 0.816. The predicted molar refractivity (Wildman–Crippen MR) is 100 cm³/mol. The van der Waals surface area contributed by atoms with E-state index in [0.29, 0.717) is 6.61 Å². The number of guanidine groups is 1. The lowest BCUT2D eigenvalue weighted by molar-refractivity contribution is 0.134. The molecule has 0 aromatic heterocycles. The Hall–Kier alpha value is -0.820. The summed E-state index contributed by atoms with van der Waals surface area (Å²) in [4.78, 5) is 4.22. The number of aliphatic imine (C=N–C) groups is 1. The van der Waals surface area contributed by atoms with Crippen molar-refractivity contribution >= 4 is 29.9 Å². The van der Waals surface area contributed by atoms with Crippen molar-refractivity contribution in [1.29, 1.82) is 0 Å². The maximum atomic E-state index is 5.39. The van der Waals surface area contributed by atoms with Gasteiger partial charge < -0.3 is 15.4 Å². The minimum Gasteiger partial charge on any atom is -0.377 e. The van der Waals surface area contributed by atoms with E-state index in [2.05, 4.69) is 60.7 Å². The molecule has 0 radical (unpaired) electrons. The average Bonchev–Trinajstić information content (AvgIpc) is 2.41. The zero-order chi connectivity index (χ0) is 15.0. The van der Waals surface area contributed by atoms with Gasteiger partial charge in [0.25, 0.3) is 0 Å². The maximum Gasteiger partial charge on any atom is 0.191 e. The number of ether oxygens (including phenoxy) is 1. The molecule has 0 aliphatic carbocycles. The van der Waals surface area contributed by atoms with Crippen LogP contribution in [-0.2, 0) is 17.9 Å². The molecule has 0 aliphatic heterocycles. The number of rotatable bonds is 5. The lowest BCUT2D eigenvalue weighted by Crippen LogP contribution is -2.47. The first kappa shape index (κ1) is 20.2. The third-order valence-electron chi connectivity index (χ3n) is 2.67. The number of hydrogen-bond donors (Lipinski definition) is 2. The first-order valence-electron chi connectivity index (χ1n) is 7.09. The van der Waals surface area contributed by atoms with Crippen LogP contribution in [0.4, 0.5) is 0 Å². The highest BCUT2D eigenvalue weighted by Gasteiger charge is 2.11. The molecule has 0 amide bonds. The summed E-state index contributed by atoms with van der Waals surface area (Å²) in [5.41, 5.74) is 2.43. The summed E-state index contributed by atoms with van der Waals surface area (Å²) < 4.78 is 5.39. The number of nitrogens with zero attached hydrogens (tertiary/aromatic N) is 1. The molecule has 0 heterocycles. The molecule has 0 spiro atoms. The van der Waals surface area contributed by atoms with Crippen LogP contribution in [0.5, 0.6) is 0 Å². The monoisotopic (exact) mass is 405 g/mol. The van der Waals surface area contributed by atoms with Crippen LogP contribution in [-0.4, -0.2) is 25.2 Å². The number of hydrogen-bond acceptors (Lipinski definition) is 2. The smallest absolute Gasteiger partial charge is 0.191 e. The molecule has 0 saturated carbocycles. The van der Waals surface area contributed by atoms with Gasteiger partial charge in [-0.25, -0.2) is 0 Å². The second-order valence-electron chi connectivity index (χ2n) is 5.75. The second-order valence-corrected chi connectivity index (χ2v) is 5.75. The molecular weight excluding hydrogens is 377 g/mol. The molecule has 1 aromatic carbocycles. The van der Waals surface area contributed by atoms with E-state index in [1.54, 1.807) is 7.05 Å². The molecule has 21 heavy (non-hydrogen) atoms. The first-order chi connectivity index (χ1) is 9.44. The normalized spacial score (nSPS) is 11.8. The lowest BCUT2D eigenvalue weighted by atomic mass is 10.1. The second kappa shape index (κ2) is 10.00. The minimum atomic E-state index is 0. The molecule has 0 saturated heterocycles. The molecule has 120 valence electrons. The molecule has 0 aliphatic rings. The van der Waals surface area contributed by atoms with Crippen LogP contribution in [0.25, 0.3) is 0 Å². The standard InChI is InChI=1S/C16H27N3O.HI/c1-6-20-12-14-9-7-13(8-10-14)11-18-15(17-5)19-16(2,3)4;/h7-10H,6,11-12H2,1-5H3,(H2,17,18,19);1H. The fourth-order valence-electron chi connectivity index (χ4n) is 1.69. The fraction of sp³-hybridized carbons (Fsp3) is 0.562. The molecule has 1 aromatic rings. The molecule has 0 bridgehead atoms. The van der Waals surface area contributed by atoms with Crippen LogP contribution >= 0.6 is 24.0 Å². The van der Waals surface area contributed by atoms with Crippen molar-refractivity contribution in [1.82, 2.24) is 10.6 Å². The van der Waals surface area contributed by atoms with Gasteiger partial charge in [-0.2, -0.15) is 0 Å². The van der Waals surface area contributed by atoms with E-state index in [9.17, 15) is 0 Å². The molecule has 0 unspecified atom stereocenters. The van der Waals surface area contributed by atoms with Crippen LogP contribution in [0, 0.1) is 0 Å². The van der Waals surface area contributed by atoms with E-state index >= 15 is 0 Å². The van der Waals surface area contributed by atoms with Crippen LogP contribution in [0.2, 0.25) is 0 Å². The summed E-state index contributed by atoms with van der Waals surface area (Å²) >= 11 is 0. The Labute approximate surface area is 145 Å².